The molecular weight excluding hydrogens is 180 g/mol. The van der Waals surface area contributed by atoms with Crippen molar-refractivity contribution in [2.75, 3.05) is 13.7 Å². The summed E-state index contributed by atoms with van der Waals surface area (Å²) >= 11 is 0. The van der Waals surface area contributed by atoms with E-state index in [9.17, 15) is 0 Å². The summed E-state index contributed by atoms with van der Waals surface area (Å²) in [4.78, 5) is 2.39. The summed E-state index contributed by atoms with van der Waals surface area (Å²) in [6, 6.07) is 0.558. The number of hydrogen-bond acceptors (Lipinski definition) is 4. The first-order valence-corrected chi connectivity index (χ1v) is 4.98. The quantitative estimate of drug-likeness (QED) is 0.717. The molecule has 1 aromatic heterocycles. The first-order chi connectivity index (χ1) is 6.72. The lowest BCUT2D eigenvalue weighted by Crippen LogP contribution is -2.35. The molecule has 1 aromatic rings. The van der Waals surface area contributed by atoms with E-state index >= 15 is 0 Å². The van der Waals surface area contributed by atoms with E-state index in [-0.39, 0.29) is 0 Å². The van der Waals surface area contributed by atoms with Crippen molar-refractivity contribution < 1.29 is 9.26 Å². The molecule has 4 nitrogen and oxygen atoms in total. The fourth-order valence-corrected chi connectivity index (χ4v) is 1.81. The lowest BCUT2D eigenvalue weighted by molar-refractivity contribution is 0.191. The lowest BCUT2D eigenvalue weighted by Gasteiger charge is -2.29. The second-order valence-corrected chi connectivity index (χ2v) is 3.91. The van der Waals surface area contributed by atoms with Gasteiger partial charge in [-0.15, -0.1) is 0 Å². The lowest BCUT2D eigenvalue weighted by atomic mass is 10.1. The minimum absolute atomic E-state index is 0.558. The van der Waals surface area contributed by atoms with E-state index in [1.807, 2.05) is 0 Å². The maximum Gasteiger partial charge on any atom is 0.258 e. The molecule has 0 spiro atoms. The van der Waals surface area contributed by atoms with Gasteiger partial charge in [-0.1, -0.05) is 0 Å². The molecule has 0 N–H and O–H groups in total. The van der Waals surface area contributed by atoms with Gasteiger partial charge in [0, 0.05) is 25.6 Å². The van der Waals surface area contributed by atoms with Crippen LogP contribution in [0.4, 0.5) is 0 Å². The van der Waals surface area contributed by atoms with Crippen LogP contribution in [-0.4, -0.2) is 29.8 Å². The van der Waals surface area contributed by atoms with Gasteiger partial charge in [0.05, 0.1) is 12.7 Å². The van der Waals surface area contributed by atoms with Gasteiger partial charge in [-0.05, 0) is 19.0 Å². The number of ether oxygens (including phenoxy) is 1. The summed E-state index contributed by atoms with van der Waals surface area (Å²) in [5, 5.41) is 3.89. The largest absolute Gasteiger partial charge is 0.479 e. The van der Waals surface area contributed by atoms with Gasteiger partial charge >= 0.3 is 0 Å². The average molecular weight is 196 g/mol. The van der Waals surface area contributed by atoms with Crippen LogP contribution in [0, 0.1) is 0 Å². The van der Waals surface area contributed by atoms with Gasteiger partial charge < -0.3 is 9.26 Å². The second-order valence-electron chi connectivity index (χ2n) is 3.91. The zero-order chi connectivity index (χ0) is 10.1. The van der Waals surface area contributed by atoms with Crippen LogP contribution >= 0.6 is 0 Å². The van der Waals surface area contributed by atoms with Crippen molar-refractivity contribution in [2.45, 2.75) is 32.9 Å². The summed E-state index contributed by atoms with van der Waals surface area (Å²) in [5.74, 6) is 1.63. The molecular formula is C10H16N2O2. The second kappa shape index (κ2) is 3.61. The minimum Gasteiger partial charge on any atom is -0.479 e. The third kappa shape index (κ3) is 1.50. The molecule has 0 saturated carbocycles. The zero-order valence-electron chi connectivity index (χ0n) is 8.91. The predicted octanol–water partition coefficient (Wildman–Crippen LogP) is 1.45. The van der Waals surface area contributed by atoms with E-state index in [0.717, 1.165) is 30.8 Å². The fraction of sp³-hybridized carbons (Fsp3) is 0.700. The number of fused-ring (bicyclic) bond motifs is 1. The average Bonchev–Trinajstić information content (AvgIpc) is 2.59. The monoisotopic (exact) mass is 196 g/mol. The molecule has 0 bridgehead atoms. The summed E-state index contributed by atoms with van der Waals surface area (Å²) < 4.78 is 10.4. The smallest absolute Gasteiger partial charge is 0.258 e. The highest BCUT2D eigenvalue weighted by Crippen LogP contribution is 2.27. The molecule has 2 heterocycles. The molecule has 1 aliphatic rings. The topological polar surface area (TPSA) is 38.5 Å². The van der Waals surface area contributed by atoms with E-state index in [1.54, 1.807) is 7.11 Å². The Morgan fingerprint density at radius 1 is 1.50 bits per heavy atom. The Hall–Kier alpha value is -1.03. The number of hydrogen-bond donors (Lipinski definition) is 0. The number of aromatic nitrogens is 1. The van der Waals surface area contributed by atoms with Gasteiger partial charge in [-0.2, -0.15) is 0 Å². The molecule has 0 radical (unpaired) electrons. The SMILES string of the molecule is COc1noc2c1CN(C(C)C)CC2. The summed E-state index contributed by atoms with van der Waals surface area (Å²) in [6.07, 6.45) is 0.934. The van der Waals surface area contributed by atoms with Gasteiger partial charge in [0.1, 0.15) is 5.76 Å². The minimum atomic E-state index is 0.558. The van der Waals surface area contributed by atoms with Crippen LogP contribution in [0.1, 0.15) is 25.2 Å². The van der Waals surface area contributed by atoms with Crippen molar-refractivity contribution in [1.29, 1.82) is 0 Å². The van der Waals surface area contributed by atoms with Crippen LogP contribution in [0.3, 0.4) is 0 Å². The van der Waals surface area contributed by atoms with Gasteiger partial charge in [-0.25, -0.2) is 0 Å². The van der Waals surface area contributed by atoms with Gasteiger partial charge in [-0.3, -0.25) is 4.90 Å². The highest BCUT2D eigenvalue weighted by molar-refractivity contribution is 5.30. The maximum absolute atomic E-state index is 5.20. The summed E-state index contributed by atoms with van der Waals surface area (Å²) in [5.41, 5.74) is 1.12. The Bertz CT molecular complexity index is 306. The number of nitrogens with zero attached hydrogens (tertiary/aromatic N) is 2. The van der Waals surface area contributed by atoms with Gasteiger partial charge in [0.25, 0.3) is 5.88 Å². The van der Waals surface area contributed by atoms with Crippen molar-refractivity contribution in [3.05, 3.63) is 11.3 Å². The van der Waals surface area contributed by atoms with Gasteiger partial charge in [0.2, 0.25) is 0 Å². The Morgan fingerprint density at radius 2 is 2.29 bits per heavy atom. The molecule has 0 atom stereocenters. The molecule has 78 valence electrons. The highest BCUT2D eigenvalue weighted by Gasteiger charge is 2.25. The number of methoxy groups -OCH3 is 1. The first-order valence-electron chi connectivity index (χ1n) is 4.98. The molecule has 0 amide bonds. The Morgan fingerprint density at radius 3 is 2.93 bits per heavy atom. The van der Waals surface area contributed by atoms with Crippen LogP contribution in [0.15, 0.2) is 4.52 Å². The van der Waals surface area contributed by atoms with E-state index in [2.05, 4.69) is 23.9 Å². The van der Waals surface area contributed by atoms with Crippen molar-refractivity contribution in [3.8, 4) is 5.88 Å². The normalized spacial score (nSPS) is 17.1. The third-order valence-electron chi connectivity index (χ3n) is 2.74. The molecule has 1 aliphatic heterocycles. The van der Waals surface area contributed by atoms with Crippen LogP contribution in [0.25, 0.3) is 0 Å². The van der Waals surface area contributed by atoms with E-state index in [4.69, 9.17) is 9.26 Å². The molecule has 14 heavy (non-hydrogen) atoms. The van der Waals surface area contributed by atoms with Crippen molar-refractivity contribution in [1.82, 2.24) is 10.1 Å². The molecule has 2 rings (SSSR count). The maximum atomic E-state index is 5.20. The zero-order valence-corrected chi connectivity index (χ0v) is 8.91. The molecule has 0 aromatic carbocycles. The van der Waals surface area contributed by atoms with Crippen molar-refractivity contribution in [2.24, 2.45) is 0 Å². The predicted molar refractivity (Wildman–Crippen MR) is 52.3 cm³/mol. The fourth-order valence-electron chi connectivity index (χ4n) is 1.81. The van der Waals surface area contributed by atoms with Gasteiger partial charge in [0.15, 0.2) is 0 Å². The summed E-state index contributed by atoms with van der Waals surface area (Å²) in [6.45, 7) is 6.33. The third-order valence-corrected chi connectivity index (χ3v) is 2.74. The van der Waals surface area contributed by atoms with E-state index in [0.29, 0.717) is 11.9 Å². The first kappa shape index (κ1) is 9.52. The Labute approximate surface area is 83.8 Å². The van der Waals surface area contributed by atoms with Crippen molar-refractivity contribution in [3.63, 3.8) is 0 Å². The molecule has 0 fully saturated rings. The van der Waals surface area contributed by atoms with E-state index in [1.165, 1.54) is 0 Å². The molecule has 0 saturated heterocycles. The van der Waals surface area contributed by atoms with Crippen molar-refractivity contribution >= 4 is 0 Å². The van der Waals surface area contributed by atoms with Crippen LogP contribution in [0.5, 0.6) is 5.88 Å². The Kier molecular flexibility index (Phi) is 2.46. The number of rotatable bonds is 2. The highest BCUT2D eigenvalue weighted by atomic mass is 16.5. The Balaban J connectivity index is 2.23. The summed E-state index contributed by atoms with van der Waals surface area (Å²) in [7, 11) is 1.63. The standard InChI is InChI=1S/C10H16N2O2/c1-7(2)12-5-4-9-8(6-12)10(13-3)11-14-9/h7H,4-6H2,1-3H3. The molecule has 0 aliphatic carbocycles. The molecule has 0 unspecified atom stereocenters. The van der Waals surface area contributed by atoms with Crippen LogP contribution in [-0.2, 0) is 13.0 Å². The van der Waals surface area contributed by atoms with E-state index < -0.39 is 0 Å². The molecule has 4 heteroatoms. The van der Waals surface area contributed by atoms with Crippen LogP contribution < -0.4 is 4.74 Å². The van der Waals surface area contributed by atoms with Crippen LogP contribution in [0.2, 0.25) is 0 Å².